The maximum absolute atomic E-state index is 13.6. The SMILES string of the molecule is Cc1c(F)cccc1C(=O)C=C[C@@H]1CCC(=O)[C@H]1CCCCCCC(=O)O. The second-order valence-electron chi connectivity index (χ2n) is 7.26. The van der Waals surface area contributed by atoms with Crippen LogP contribution >= 0.6 is 0 Å². The van der Waals surface area contributed by atoms with Gasteiger partial charge < -0.3 is 5.11 Å². The highest BCUT2D eigenvalue weighted by Gasteiger charge is 2.32. The van der Waals surface area contributed by atoms with Crippen molar-refractivity contribution in [2.24, 2.45) is 11.8 Å². The van der Waals surface area contributed by atoms with Crippen LogP contribution in [0.2, 0.25) is 0 Å². The quantitative estimate of drug-likeness (QED) is 0.359. The summed E-state index contributed by atoms with van der Waals surface area (Å²) < 4.78 is 13.6. The number of carbonyl (C=O) groups excluding carboxylic acids is 2. The molecule has 0 aliphatic heterocycles. The second kappa shape index (κ2) is 10.1. The first-order chi connectivity index (χ1) is 12.9. The molecule has 1 aromatic rings. The lowest BCUT2D eigenvalue weighted by molar-refractivity contribution is -0.137. The Morgan fingerprint density at radius 1 is 1.22 bits per heavy atom. The van der Waals surface area contributed by atoms with Gasteiger partial charge in [0.25, 0.3) is 0 Å². The van der Waals surface area contributed by atoms with E-state index in [0.717, 1.165) is 32.1 Å². The van der Waals surface area contributed by atoms with Gasteiger partial charge >= 0.3 is 5.97 Å². The van der Waals surface area contributed by atoms with E-state index in [0.29, 0.717) is 24.0 Å². The van der Waals surface area contributed by atoms with Gasteiger partial charge in [-0.2, -0.15) is 0 Å². The molecule has 146 valence electrons. The Labute approximate surface area is 159 Å². The molecule has 1 saturated carbocycles. The minimum absolute atomic E-state index is 0.0503. The van der Waals surface area contributed by atoms with E-state index in [9.17, 15) is 18.8 Å². The third kappa shape index (κ3) is 6.12. The number of carboxylic acids is 1. The van der Waals surface area contributed by atoms with E-state index in [1.54, 1.807) is 13.0 Å². The largest absolute Gasteiger partial charge is 0.481 e. The summed E-state index contributed by atoms with van der Waals surface area (Å²) in [5, 5.41) is 8.63. The van der Waals surface area contributed by atoms with Crippen molar-refractivity contribution >= 4 is 17.5 Å². The fraction of sp³-hybridized carbons (Fsp3) is 0.500. The number of halogens is 1. The highest BCUT2D eigenvalue weighted by atomic mass is 19.1. The first kappa shape index (κ1) is 21.0. The van der Waals surface area contributed by atoms with E-state index in [2.05, 4.69) is 0 Å². The summed E-state index contributed by atoms with van der Waals surface area (Å²) in [4.78, 5) is 35.0. The smallest absolute Gasteiger partial charge is 0.303 e. The molecule has 1 aliphatic carbocycles. The van der Waals surface area contributed by atoms with Gasteiger partial charge in [-0.25, -0.2) is 4.39 Å². The highest BCUT2D eigenvalue weighted by Crippen LogP contribution is 2.34. The minimum atomic E-state index is -0.774. The number of ketones is 2. The first-order valence-electron chi connectivity index (χ1n) is 9.62. The number of hydrogen-bond donors (Lipinski definition) is 1. The Morgan fingerprint density at radius 3 is 2.70 bits per heavy atom. The molecule has 1 aromatic carbocycles. The Kier molecular flexibility index (Phi) is 7.89. The van der Waals surface area contributed by atoms with Crippen molar-refractivity contribution in [1.29, 1.82) is 0 Å². The van der Waals surface area contributed by atoms with Crippen LogP contribution in [0.4, 0.5) is 4.39 Å². The fourth-order valence-electron chi connectivity index (χ4n) is 3.71. The van der Waals surface area contributed by atoms with Crippen molar-refractivity contribution in [2.75, 3.05) is 0 Å². The molecule has 0 saturated heterocycles. The van der Waals surface area contributed by atoms with Crippen LogP contribution in [0.1, 0.15) is 67.3 Å². The lowest BCUT2D eigenvalue weighted by Crippen LogP contribution is -2.13. The van der Waals surface area contributed by atoms with E-state index in [1.807, 2.05) is 6.08 Å². The van der Waals surface area contributed by atoms with Crippen LogP contribution in [0.25, 0.3) is 0 Å². The third-order valence-electron chi connectivity index (χ3n) is 5.34. The molecule has 1 aliphatic rings. The first-order valence-corrected chi connectivity index (χ1v) is 9.62. The molecule has 0 radical (unpaired) electrons. The number of carbonyl (C=O) groups is 3. The number of carboxylic acid groups (broad SMARTS) is 1. The summed E-state index contributed by atoms with van der Waals surface area (Å²) in [7, 11) is 0. The van der Waals surface area contributed by atoms with Crippen LogP contribution < -0.4 is 0 Å². The molecule has 0 spiro atoms. The molecule has 1 fully saturated rings. The molecule has 2 rings (SSSR count). The topological polar surface area (TPSA) is 71.4 Å². The van der Waals surface area contributed by atoms with Crippen LogP contribution in [0.3, 0.4) is 0 Å². The van der Waals surface area contributed by atoms with Gasteiger partial charge in [0, 0.05) is 24.3 Å². The normalized spacial score (nSPS) is 19.7. The molecule has 0 heterocycles. The molecule has 0 bridgehead atoms. The molecule has 0 unspecified atom stereocenters. The molecule has 0 aromatic heterocycles. The zero-order valence-electron chi connectivity index (χ0n) is 15.7. The fourth-order valence-corrected chi connectivity index (χ4v) is 3.71. The molecule has 27 heavy (non-hydrogen) atoms. The number of unbranched alkanes of at least 4 members (excludes halogenated alkanes) is 3. The van der Waals surface area contributed by atoms with Crippen LogP contribution in [0.15, 0.2) is 30.4 Å². The van der Waals surface area contributed by atoms with E-state index in [4.69, 9.17) is 5.11 Å². The van der Waals surface area contributed by atoms with Crippen molar-refractivity contribution < 1.29 is 23.9 Å². The summed E-state index contributed by atoms with van der Waals surface area (Å²) in [6.07, 6.45) is 8.84. The van der Waals surface area contributed by atoms with E-state index >= 15 is 0 Å². The van der Waals surface area contributed by atoms with Crippen LogP contribution in [0, 0.1) is 24.6 Å². The lowest BCUT2D eigenvalue weighted by atomic mass is 9.89. The maximum Gasteiger partial charge on any atom is 0.303 e. The number of Topliss-reactive ketones (excluding diaryl/α,β-unsaturated/α-hetero) is 1. The minimum Gasteiger partial charge on any atom is -0.481 e. The molecular weight excluding hydrogens is 347 g/mol. The highest BCUT2D eigenvalue weighted by molar-refractivity contribution is 6.05. The van der Waals surface area contributed by atoms with Gasteiger partial charge in [-0.1, -0.05) is 37.5 Å². The Morgan fingerprint density at radius 2 is 1.96 bits per heavy atom. The monoisotopic (exact) mass is 374 g/mol. The average Bonchev–Trinajstić information content (AvgIpc) is 2.98. The van der Waals surface area contributed by atoms with Gasteiger partial charge in [-0.05, 0) is 49.8 Å². The molecule has 1 N–H and O–H groups in total. The Hall–Kier alpha value is -2.30. The summed E-state index contributed by atoms with van der Waals surface area (Å²) in [6, 6.07) is 4.47. The molecule has 5 heteroatoms. The third-order valence-corrected chi connectivity index (χ3v) is 5.34. The number of hydrogen-bond acceptors (Lipinski definition) is 3. The Bertz CT molecular complexity index is 723. The van der Waals surface area contributed by atoms with Crippen molar-refractivity contribution in [1.82, 2.24) is 0 Å². The standard InChI is InChI=1S/C22H27FO4/c1-15-17(8-6-9-19(15)23)20(24)13-11-16-12-14-21(25)18(16)7-4-2-3-5-10-22(26)27/h6,8-9,11,13,16,18H,2-5,7,10,12,14H2,1H3,(H,26,27)/t16-,18+/m1/s1. The summed E-state index contributed by atoms with van der Waals surface area (Å²) in [5.74, 6) is -1.18. The number of benzene rings is 1. The van der Waals surface area contributed by atoms with E-state index < -0.39 is 11.8 Å². The predicted octanol–water partition coefficient (Wildman–Crippen LogP) is 4.89. The van der Waals surface area contributed by atoms with Gasteiger partial charge in [0.1, 0.15) is 11.6 Å². The van der Waals surface area contributed by atoms with E-state index in [1.165, 1.54) is 18.2 Å². The average molecular weight is 374 g/mol. The van der Waals surface area contributed by atoms with Crippen LogP contribution in [-0.2, 0) is 9.59 Å². The molecule has 4 nitrogen and oxygen atoms in total. The van der Waals surface area contributed by atoms with Gasteiger partial charge in [0.2, 0.25) is 0 Å². The number of aliphatic carboxylic acids is 1. The van der Waals surface area contributed by atoms with Crippen molar-refractivity contribution in [2.45, 2.75) is 58.3 Å². The van der Waals surface area contributed by atoms with Gasteiger partial charge in [-0.15, -0.1) is 0 Å². The molecular formula is C22H27FO4. The second-order valence-corrected chi connectivity index (χ2v) is 7.26. The summed E-state index contributed by atoms with van der Waals surface area (Å²) >= 11 is 0. The van der Waals surface area contributed by atoms with E-state index in [-0.39, 0.29) is 29.8 Å². The summed E-state index contributed by atoms with van der Waals surface area (Å²) in [6.45, 7) is 1.59. The number of allylic oxidation sites excluding steroid dienone is 2. The van der Waals surface area contributed by atoms with Crippen LogP contribution in [-0.4, -0.2) is 22.6 Å². The Balaban J connectivity index is 1.87. The van der Waals surface area contributed by atoms with Gasteiger partial charge in [-0.3, -0.25) is 14.4 Å². The predicted molar refractivity (Wildman–Crippen MR) is 101 cm³/mol. The van der Waals surface area contributed by atoms with Crippen molar-refractivity contribution in [3.05, 3.63) is 47.3 Å². The zero-order valence-corrected chi connectivity index (χ0v) is 15.7. The maximum atomic E-state index is 13.6. The van der Waals surface area contributed by atoms with Gasteiger partial charge in [0.05, 0.1) is 0 Å². The number of rotatable bonds is 10. The molecule has 2 atom stereocenters. The summed E-state index contributed by atoms with van der Waals surface area (Å²) in [5.41, 5.74) is 0.693. The molecule has 0 amide bonds. The van der Waals surface area contributed by atoms with Crippen LogP contribution in [0.5, 0.6) is 0 Å². The van der Waals surface area contributed by atoms with Crippen molar-refractivity contribution in [3.8, 4) is 0 Å². The zero-order chi connectivity index (χ0) is 19.8. The lowest BCUT2D eigenvalue weighted by Gasteiger charge is -2.14. The van der Waals surface area contributed by atoms with Gasteiger partial charge in [0.15, 0.2) is 5.78 Å². The van der Waals surface area contributed by atoms with Crippen molar-refractivity contribution in [3.63, 3.8) is 0 Å².